The standard InChI is InChI=1S/C18H10Cl2F3N3O3/c19-10-4-5-14(13(20)7-10)24-8-12-15(27)25-17(29)26(16(12)28)11-3-1-2-9(6-11)18(21,22)23/h1-8,12H,(H,25,27,29)/t12-/m0/s1. The molecule has 0 aromatic heterocycles. The molecule has 6 nitrogen and oxygen atoms in total. The molecular formula is C18H10Cl2F3N3O3. The molecule has 1 fully saturated rings. The Morgan fingerprint density at radius 2 is 1.79 bits per heavy atom. The summed E-state index contributed by atoms with van der Waals surface area (Å²) >= 11 is 11.8. The van der Waals surface area contributed by atoms with Crippen molar-refractivity contribution in [2.45, 2.75) is 6.18 Å². The number of amides is 4. The number of aliphatic imine (C=N–C) groups is 1. The molecule has 1 atom stereocenters. The molecule has 0 bridgehead atoms. The number of hydrogen-bond acceptors (Lipinski definition) is 4. The molecule has 2 aromatic rings. The number of alkyl halides is 3. The third kappa shape index (κ3) is 4.41. The Balaban J connectivity index is 1.93. The second-order valence-corrected chi connectivity index (χ2v) is 6.71. The Labute approximate surface area is 171 Å². The highest BCUT2D eigenvalue weighted by atomic mass is 35.5. The maximum Gasteiger partial charge on any atom is 0.416 e. The lowest BCUT2D eigenvalue weighted by atomic mass is 10.1. The molecule has 0 spiro atoms. The fourth-order valence-corrected chi connectivity index (χ4v) is 2.99. The van der Waals surface area contributed by atoms with Gasteiger partial charge in [0.2, 0.25) is 5.91 Å². The Morgan fingerprint density at radius 3 is 2.45 bits per heavy atom. The monoisotopic (exact) mass is 443 g/mol. The fraction of sp³-hybridized carbons (Fsp3) is 0.111. The molecule has 0 radical (unpaired) electrons. The van der Waals surface area contributed by atoms with E-state index in [4.69, 9.17) is 23.2 Å². The molecular weight excluding hydrogens is 434 g/mol. The number of nitrogens with one attached hydrogen (secondary N) is 1. The van der Waals surface area contributed by atoms with Crippen molar-refractivity contribution < 1.29 is 27.6 Å². The smallest absolute Gasteiger partial charge is 0.276 e. The van der Waals surface area contributed by atoms with Crippen LogP contribution in [0.5, 0.6) is 0 Å². The first-order valence-corrected chi connectivity index (χ1v) is 8.69. The molecule has 1 aliphatic rings. The Bertz CT molecular complexity index is 1040. The van der Waals surface area contributed by atoms with Gasteiger partial charge in [-0.15, -0.1) is 0 Å². The summed E-state index contributed by atoms with van der Waals surface area (Å²) in [6.07, 6.45) is -3.72. The van der Waals surface area contributed by atoms with Crippen LogP contribution in [0.15, 0.2) is 47.5 Å². The van der Waals surface area contributed by atoms with Crippen molar-refractivity contribution in [3.8, 4) is 0 Å². The second kappa shape index (κ2) is 7.84. The Morgan fingerprint density at radius 1 is 1.07 bits per heavy atom. The van der Waals surface area contributed by atoms with Gasteiger partial charge in [0.25, 0.3) is 5.91 Å². The van der Waals surface area contributed by atoms with E-state index in [9.17, 15) is 27.6 Å². The van der Waals surface area contributed by atoms with Crippen LogP contribution in [0, 0.1) is 5.92 Å². The minimum Gasteiger partial charge on any atom is -0.276 e. The third-order valence-electron chi connectivity index (χ3n) is 3.91. The average molecular weight is 444 g/mol. The van der Waals surface area contributed by atoms with E-state index >= 15 is 0 Å². The van der Waals surface area contributed by atoms with E-state index in [1.165, 1.54) is 18.2 Å². The molecule has 1 aliphatic heterocycles. The molecule has 3 rings (SSSR count). The Hall–Kier alpha value is -2.91. The highest BCUT2D eigenvalue weighted by Gasteiger charge is 2.41. The molecule has 0 aliphatic carbocycles. The van der Waals surface area contributed by atoms with E-state index in [0.717, 1.165) is 24.4 Å². The summed E-state index contributed by atoms with van der Waals surface area (Å²) in [6.45, 7) is 0. The molecule has 0 unspecified atom stereocenters. The van der Waals surface area contributed by atoms with Gasteiger partial charge in [0.1, 0.15) is 0 Å². The predicted molar refractivity (Wildman–Crippen MR) is 101 cm³/mol. The van der Waals surface area contributed by atoms with Gasteiger partial charge in [-0.3, -0.25) is 19.9 Å². The average Bonchev–Trinajstić information content (AvgIpc) is 2.62. The topological polar surface area (TPSA) is 78.8 Å². The first-order valence-electron chi connectivity index (χ1n) is 7.93. The lowest BCUT2D eigenvalue weighted by Gasteiger charge is -2.28. The van der Waals surface area contributed by atoms with Crippen molar-refractivity contribution in [2.75, 3.05) is 4.90 Å². The van der Waals surface area contributed by atoms with Crippen LogP contribution in [-0.4, -0.2) is 24.1 Å². The van der Waals surface area contributed by atoms with Crippen LogP contribution in [0.1, 0.15) is 5.56 Å². The zero-order chi connectivity index (χ0) is 21.3. The molecule has 11 heteroatoms. The van der Waals surface area contributed by atoms with Gasteiger partial charge in [-0.05, 0) is 36.4 Å². The highest BCUT2D eigenvalue weighted by Crippen LogP contribution is 2.33. The minimum atomic E-state index is -4.67. The molecule has 1 saturated heterocycles. The van der Waals surface area contributed by atoms with Crippen LogP contribution in [-0.2, 0) is 15.8 Å². The van der Waals surface area contributed by atoms with Crippen molar-refractivity contribution >= 4 is 58.6 Å². The predicted octanol–water partition coefficient (Wildman–Crippen LogP) is 4.61. The first kappa shape index (κ1) is 20.8. The van der Waals surface area contributed by atoms with Crippen molar-refractivity contribution in [3.63, 3.8) is 0 Å². The number of halogens is 5. The zero-order valence-electron chi connectivity index (χ0n) is 14.2. The van der Waals surface area contributed by atoms with E-state index in [-0.39, 0.29) is 16.4 Å². The lowest BCUT2D eigenvalue weighted by molar-refractivity contribution is -0.138. The quantitative estimate of drug-likeness (QED) is 0.555. The van der Waals surface area contributed by atoms with Gasteiger partial charge < -0.3 is 0 Å². The van der Waals surface area contributed by atoms with Gasteiger partial charge in [0, 0.05) is 11.2 Å². The minimum absolute atomic E-state index is 0.156. The van der Waals surface area contributed by atoms with Crippen LogP contribution in [0.25, 0.3) is 0 Å². The van der Waals surface area contributed by atoms with Gasteiger partial charge in [-0.1, -0.05) is 29.3 Å². The Kier molecular flexibility index (Phi) is 5.63. The van der Waals surface area contributed by atoms with Crippen LogP contribution in [0.2, 0.25) is 10.0 Å². The highest BCUT2D eigenvalue weighted by molar-refractivity contribution is 6.36. The van der Waals surface area contributed by atoms with Gasteiger partial charge >= 0.3 is 12.2 Å². The zero-order valence-corrected chi connectivity index (χ0v) is 15.7. The van der Waals surface area contributed by atoms with Crippen molar-refractivity contribution in [2.24, 2.45) is 10.9 Å². The van der Waals surface area contributed by atoms with Gasteiger partial charge in [0.15, 0.2) is 5.92 Å². The SMILES string of the molecule is O=C1NC(=O)N(c2cccc(C(F)(F)F)c2)C(=O)[C@H]1C=Nc1ccc(Cl)cc1Cl. The summed E-state index contributed by atoms with van der Waals surface area (Å²) in [6, 6.07) is 6.80. The first-order chi connectivity index (χ1) is 13.6. The summed E-state index contributed by atoms with van der Waals surface area (Å²) < 4.78 is 38.8. The van der Waals surface area contributed by atoms with Crippen LogP contribution < -0.4 is 10.2 Å². The molecule has 4 amide bonds. The van der Waals surface area contributed by atoms with E-state index in [1.54, 1.807) is 0 Å². The molecule has 0 saturated carbocycles. The molecule has 1 heterocycles. The summed E-state index contributed by atoms with van der Waals surface area (Å²) in [5, 5.41) is 2.43. The summed E-state index contributed by atoms with van der Waals surface area (Å²) in [7, 11) is 0. The van der Waals surface area contributed by atoms with Crippen LogP contribution >= 0.6 is 23.2 Å². The number of nitrogens with zero attached hydrogens (tertiary/aromatic N) is 2. The molecule has 29 heavy (non-hydrogen) atoms. The lowest BCUT2D eigenvalue weighted by Crippen LogP contribution is -2.58. The van der Waals surface area contributed by atoms with Crippen molar-refractivity contribution in [1.29, 1.82) is 0 Å². The number of hydrogen-bond donors (Lipinski definition) is 1. The number of rotatable bonds is 3. The van der Waals surface area contributed by atoms with E-state index in [1.807, 2.05) is 5.32 Å². The van der Waals surface area contributed by atoms with E-state index in [2.05, 4.69) is 4.99 Å². The largest absolute Gasteiger partial charge is 0.416 e. The number of anilines is 1. The third-order valence-corrected chi connectivity index (χ3v) is 4.44. The van der Waals surface area contributed by atoms with Crippen molar-refractivity contribution in [3.05, 3.63) is 58.1 Å². The number of benzene rings is 2. The fourth-order valence-electron chi connectivity index (χ4n) is 2.53. The van der Waals surface area contributed by atoms with E-state index < -0.39 is 35.5 Å². The number of imide groups is 2. The summed E-state index contributed by atoms with van der Waals surface area (Å²) in [5.41, 5.74) is -1.18. The van der Waals surface area contributed by atoms with Crippen LogP contribution in [0.4, 0.5) is 29.3 Å². The summed E-state index contributed by atoms with van der Waals surface area (Å²) in [4.78, 5) is 41.3. The van der Waals surface area contributed by atoms with Crippen LogP contribution in [0.3, 0.4) is 0 Å². The van der Waals surface area contributed by atoms with Gasteiger partial charge in [-0.25, -0.2) is 9.69 Å². The molecule has 2 aromatic carbocycles. The number of carbonyl (C=O) groups excluding carboxylic acids is 3. The van der Waals surface area contributed by atoms with Gasteiger partial charge in [-0.2, -0.15) is 13.2 Å². The van der Waals surface area contributed by atoms with Gasteiger partial charge in [0.05, 0.1) is 22.0 Å². The molecule has 1 N–H and O–H groups in total. The number of urea groups is 1. The maximum absolute atomic E-state index is 12.9. The maximum atomic E-state index is 12.9. The second-order valence-electron chi connectivity index (χ2n) is 5.87. The molecule has 150 valence electrons. The normalized spacial score (nSPS) is 17.8. The summed E-state index contributed by atoms with van der Waals surface area (Å²) in [5.74, 6) is -3.56. The number of barbiturate groups is 1. The van der Waals surface area contributed by atoms with Crippen molar-refractivity contribution in [1.82, 2.24) is 5.32 Å². The number of carbonyl (C=O) groups is 3. The van der Waals surface area contributed by atoms with E-state index in [0.29, 0.717) is 16.0 Å².